The van der Waals surface area contributed by atoms with Gasteiger partial charge in [0.05, 0.1) is 0 Å². The first-order valence-electron chi connectivity index (χ1n) is 6.57. The van der Waals surface area contributed by atoms with Crippen LogP contribution in [-0.2, 0) is 0 Å². The molecule has 16 heavy (non-hydrogen) atoms. The largest absolute Gasteiger partial charge is 0.315 e. The molecule has 1 fully saturated rings. The average Bonchev–Trinajstić information content (AvgIpc) is 2.28. The van der Waals surface area contributed by atoms with Crippen LogP contribution in [0.1, 0.15) is 12.8 Å². The fourth-order valence-electron chi connectivity index (χ4n) is 1.94. The molecule has 4 nitrogen and oxygen atoms in total. The van der Waals surface area contributed by atoms with Crippen molar-refractivity contribution in [3.8, 4) is 0 Å². The Morgan fingerprint density at radius 1 is 0.625 bits per heavy atom. The molecule has 0 bridgehead atoms. The van der Waals surface area contributed by atoms with Crippen molar-refractivity contribution in [2.24, 2.45) is 0 Å². The zero-order chi connectivity index (χ0) is 11.6. The Balaban J connectivity index is 2.20. The Bertz CT molecular complexity index is 145. The van der Waals surface area contributed by atoms with Gasteiger partial charge in [0.15, 0.2) is 0 Å². The Morgan fingerprint density at radius 3 is 1.50 bits per heavy atom. The van der Waals surface area contributed by atoms with E-state index in [1.807, 2.05) is 0 Å². The van der Waals surface area contributed by atoms with E-state index < -0.39 is 0 Å². The van der Waals surface area contributed by atoms with E-state index in [1.54, 1.807) is 0 Å². The van der Waals surface area contributed by atoms with Gasteiger partial charge in [0.2, 0.25) is 0 Å². The summed E-state index contributed by atoms with van der Waals surface area (Å²) in [6.45, 7) is 9.25. The van der Waals surface area contributed by atoms with Crippen LogP contribution in [0, 0.1) is 0 Å². The fraction of sp³-hybridized carbons (Fsp3) is 1.00. The number of hydrogen-bond donors (Lipinski definition) is 2. The van der Waals surface area contributed by atoms with Gasteiger partial charge in [-0.3, -0.25) is 0 Å². The van der Waals surface area contributed by atoms with Crippen LogP contribution >= 0.6 is 0 Å². The van der Waals surface area contributed by atoms with E-state index in [9.17, 15) is 0 Å². The van der Waals surface area contributed by atoms with Crippen molar-refractivity contribution < 1.29 is 0 Å². The number of nitrogens with zero attached hydrogens (tertiary/aromatic N) is 2. The molecule has 0 aromatic rings. The first-order valence-corrected chi connectivity index (χ1v) is 6.57. The van der Waals surface area contributed by atoms with E-state index in [0.29, 0.717) is 0 Å². The van der Waals surface area contributed by atoms with Crippen LogP contribution in [0.15, 0.2) is 0 Å². The lowest BCUT2D eigenvalue weighted by molar-refractivity contribution is 0.250. The summed E-state index contributed by atoms with van der Waals surface area (Å²) >= 11 is 0. The second kappa shape index (κ2) is 8.93. The van der Waals surface area contributed by atoms with Crippen LogP contribution in [0.5, 0.6) is 0 Å². The maximum atomic E-state index is 3.47. The average molecular weight is 228 g/mol. The molecule has 0 aromatic heterocycles. The van der Waals surface area contributed by atoms with Crippen LogP contribution in [-0.4, -0.2) is 76.3 Å². The van der Waals surface area contributed by atoms with Crippen molar-refractivity contribution in [2.75, 3.05) is 66.5 Å². The molecule has 1 heterocycles. The van der Waals surface area contributed by atoms with Gasteiger partial charge in [-0.1, -0.05) is 0 Å². The van der Waals surface area contributed by atoms with Gasteiger partial charge < -0.3 is 20.4 Å². The highest BCUT2D eigenvalue weighted by Gasteiger charge is 2.02. The Morgan fingerprint density at radius 2 is 1.06 bits per heavy atom. The van der Waals surface area contributed by atoms with Gasteiger partial charge in [0, 0.05) is 26.2 Å². The Kier molecular flexibility index (Phi) is 7.76. The zero-order valence-electron chi connectivity index (χ0n) is 11.0. The van der Waals surface area contributed by atoms with Crippen molar-refractivity contribution in [1.82, 2.24) is 20.4 Å². The van der Waals surface area contributed by atoms with E-state index in [4.69, 9.17) is 0 Å². The minimum Gasteiger partial charge on any atom is -0.315 e. The molecule has 0 unspecified atom stereocenters. The molecular weight excluding hydrogens is 200 g/mol. The molecule has 0 aromatic carbocycles. The molecule has 0 radical (unpaired) electrons. The van der Waals surface area contributed by atoms with Gasteiger partial charge in [-0.2, -0.15) is 0 Å². The second-order valence-corrected chi connectivity index (χ2v) is 4.81. The van der Waals surface area contributed by atoms with Gasteiger partial charge in [-0.15, -0.1) is 0 Å². The van der Waals surface area contributed by atoms with Crippen molar-refractivity contribution >= 4 is 0 Å². The highest BCUT2D eigenvalue weighted by atomic mass is 15.2. The number of rotatable bonds is 0. The number of hydrogen-bond acceptors (Lipinski definition) is 4. The van der Waals surface area contributed by atoms with Crippen LogP contribution < -0.4 is 10.6 Å². The normalized spacial score (nSPS) is 25.1. The molecular formula is C12H28N4. The maximum Gasteiger partial charge on any atom is 0.0106 e. The predicted molar refractivity (Wildman–Crippen MR) is 70.0 cm³/mol. The van der Waals surface area contributed by atoms with E-state index in [1.165, 1.54) is 39.0 Å². The van der Waals surface area contributed by atoms with Crippen LogP contribution in [0.2, 0.25) is 0 Å². The number of likely N-dealkylation sites (N-methyl/N-ethyl adjacent to an activating group) is 2. The molecule has 2 N–H and O–H groups in total. The molecule has 1 rings (SSSR count). The van der Waals surface area contributed by atoms with Gasteiger partial charge >= 0.3 is 0 Å². The number of nitrogens with one attached hydrogen (secondary N) is 2. The fourth-order valence-corrected chi connectivity index (χ4v) is 1.94. The molecule has 0 saturated carbocycles. The molecule has 1 saturated heterocycles. The van der Waals surface area contributed by atoms with Crippen molar-refractivity contribution in [3.05, 3.63) is 0 Å². The van der Waals surface area contributed by atoms with Crippen LogP contribution in [0.3, 0.4) is 0 Å². The highest BCUT2D eigenvalue weighted by Crippen LogP contribution is 1.91. The minimum atomic E-state index is 1.10. The van der Waals surface area contributed by atoms with E-state index in [-0.39, 0.29) is 0 Å². The topological polar surface area (TPSA) is 30.5 Å². The maximum absolute atomic E-state index is 3.47. The SMILES string of the molecule is CN1CCCNCCNCCCN(C)CC1. The monoisotopic (exact) mass is 228 g/mol. The lowest BCUT2D eigenvalue weighted by Crippen LogP contribution is -2.36. The van der Waals surface area contributed by atoms with E-state index in [0.717, 1.165) is 26.2 Å². The Hall–Kier alpha value is -0.160. The summed E-state index contributed by atoms with van der Waals surface area (Å²) in [5.74, 6) is 0. The summed E-state index contributed by atoms with van der Waals surface area (Å²) < 4.78 is 0. The lowest BCUT2D eigenvalue weighted by Gasteiger charge is -2.22. The summed E-state index contributed by atoms with van der Waals surface area (Å²) in [6.07, 6.45) is 2.50. The van der Waals surface area contributed by atoms with Gasteiger partial charge in [0.25, 0.3) is 0 Å². The highest BCUT2D eigenvalue weighted by molar-refractivity contribution is 4.61. The van der Waals surface area contributed by atoms with Gasteiger partial charge in [0.1, 0.15) is 0 Å². The van der Waals surface area contributed by atoms with Gasteiger partial charge in [-0.25, -0.2) is 0 Å². The molecule has 1 aliphatic rings. The van der Waals surface area contributed by atoms with Crippen molar-refractivity contribution in [3.63, 3.8) is 0 Å². The first kappa shape index (κ1) is 13.9. The molecule has 0 amide bonds. The summed E-state index contributed by atoms with van der Waals surface area (Å²) in [5, 5.41) is 6.94. The molecule has 0 aliphatic carbocycles. The standard InChI is InChI=1S/C12H28N4/c1-15-9-3-5-13-7-8-14-6-4-10-16(2)12-11-15/h13-14H,3-12H2,1-2H3. The van der Waals surface area contributed by atoms with Crippen molar-refractivity contribution in [1.29, 1.82) is 0 Å². The third kappa shape index (κ3) is 7.17. The molecule has 4 heteroatoms. The summed E-state index contributed by atoms with van der Waals surface area (Å²) in [5.41, 5.74) is 0. The Labute approximate surface area is 100 Å². The predicted octanol–water partition coefficient (Wildman–Crippen LogP) is -0.177. The summed E-state index contributed by atoms with van der Waals surface area (Å²) in [6, 6.07) is 0. The van der Waals surface area contributed by atoms with Crippen LogP contribution in [0.4, 0.5) is 0 Å². The van der Waals surface area contributed by atoms with E-state index in [2.05, 4.69) is 34.5 Å². The quantitative estimate of drug-likeness (QED) is 0.602. The van der Waals surface area contributed by atoms with Crippen LogP contribution in [0.25, 0.3) is 0 Å². The summed E-state index contributed by atoms with van der Waals surface area (Å²) in [4.78, 5) is 4.87. The van der Waals surface area contributed by atoms with Crippen molar-refractivity contribution in [2.45, 2.75) is 12.8 Å². The molecule has 96 valence electrons. The minimum absolute atomic E-state index is 1.10. The zero-order valence-corrected chi connectivity index (χ0v) is 11.0. The van der Waals surface area contributed by atoms with Gasteiger partial charge in [-0.05, 0) is 53.1 Å². The summed E-state index contributed by atoms with van der Waals surface area (Å²) in [7, 11) is 4.45. The molecule has 1 aliphatic heterocycles. The third-order valence-electron chi connectivity index (χ3n) is 3.13. The third-order valence-corrected chi connectivity index (χ3v) is 3.13. The lowest BCUT2D eigenvalue weighted by atomic mass is 10.3. The smallest absolute Gasteiger partial charge is 0.0106 e. The molecule has 0 atom stereocenters. The molecule has 0 spiro atoms. The second-order valence-electron chi connectivity index (χ2n) is 4.81. The first-order chi connectivity index (χ1) is 7.79. The van der Waals surface area contributed by atoms with E-state index >= 15 is 0 Å².